The van der Waals surface area contributed by atoms with Crippen LogP contribution in [0.4, 0.5) is 10.2 Å². The molecular weight excluding hydrogens is 445 g/mol. The van der Waals surface area contributed by atoms with Crippen molar-refractivity contribution in [1.29, 1.82) is 0 Å². The summed E-state index contributed by atoms with van der Waals surface area (Å²) in [5, 5.41) is 13.3. The summed E-state index contributed by atoms with van der Waals surface area (Å²) < 4.78 is 20.6. The Balaban J connectivity index is 1.59. The molecule has 7 nitrogen and oxygen atoms in total. The summed E-state index contributed by atoms with van der Waals surface area (Å²) in [5.41, 5.74) is 0.363. The number of aromatic nitrogens is 3. The highest BCUT2D eigenvalue weighted by atomic mass is 35.5. The topological polar surface area (TPSA) is 84.2 Å². The minimum Gasteiger partial charge on any atom is -0.421 e. The van der Waals surface area contributed by atoms with E-state index < -0.39 is 11.7 Å². The van der Waals surface area contributed by atoms with Crippen molar-refractivity contribution in [2.24, 2.45) is 0 Å². The van der Waals surface area contributed by atoms with E-state index in [9.17, 15) is 4.79 Å². The molecule has 9 heteroatoms. The van der Waals surface area contributed by atoms with Gasteiger partial charge in [-0.25, -0.2) is 9.37 Å². The van der Waals surface area contributed by atoms with E-state index in [1.54, 1.807) is 30.2 Å². The number of fused-ring (bicyclic) bond motifs is 1. The van der Waals surface area contributed by atoms with Gasteiger partial charge in [0.2, 0.25) is 11.8 Å². The van der Waals surface area contributed by atoms with Crippen molar-refractivity contribution < 1.29 is 13.6 Å². The van der Waals surface area contributed by atoms with Crippen LogP contribution in [-0.2, 0) is 0 Å². The largest absolute Gasteiger partial charge is 0.421 e. The SMILES string of the molecule is Cc1nnc(-c2ccc(C(=O)N(c3nccc4cc(Cl)ccc34)C3CCCNC3)c(F)c2)o1. The highest BCUT2D eigenvalue weighted by Crippen LogP contribution is 2.31. The molecule has 1 N–H and O–H groups in total. The number of aryl methyl sites for hydroxylation is 1. The number of amides is 1. The molecule has 33 heavy (non-hydrogen) atoms. The molecule has 2 aromatic carbocycles. The standard InChI is InChI=1S/C24H21ClFN5O2/c1-14-29-30-23(33-14)16-4-6-20(21(26)12-16)24(32)31(18-3-2-9-27-13-18)22-19-7-5-17(25)11-15(19)8-10-28-22/h4-8,10-12,18,27H,2-3,9,13H2,1H3. The first-order valence-corrected chi connectivity index (χ1v) is 11.1. The quantitative estimate of drug-likeness (QED) is 0.466. The first-order chi connectivity index (χ1) is 16.0. The second-order valence-corrected chi connectivity index (χ2v) is 8.43. The molecule has 4 aromatic rings. The Morgan fingerprint density at radius 3 is 2.82 bits per heavy atom. The Bertz CT molecular complexity index is 1340. The Kier molecular flexibility index (Phi) is 5.78. The average molecular weight is 466 g/mol. The lowest BCUT2D eigenvalue weighted by atomic mass is 10.0. The van der Waals surface area contributed by atoms with E-state index in [0.29, 0.717) is 28.8 Å². The van der Waals surface area contributed by atoms with Crippen LogP contribution in [0.3, 0.4) is 0 Å². The molecule has 1 aliphatic rings. The summed E-state index contributed by atoms with van der Waals surface area (Å²) in [6.07, 6.45) is 3.33. The summed E-state index contributed by atoms with van der Waals surface area (Å²) >= 11 is 6.17. The Labute approximate surface area is 194 Å². The molecule has 2 aromatic heterocycles. The summed E-state index contributed by atoms with van der Waals surface area (Å²) in [6.45, 7) is 3.13. The highest BCUT2D eigenvalue weighted by molar-refractivity contribution is 6.31. The smallest absolute Gasteiger partial charge is 0.262 e. The molecule has 1 atom stereocenters. The van der Waals surface area contributed by atoms with Crippen LogP contribution in [0.2, 0.25) is 5.02 Å². The third-order valence-electron chi connectivity index (χ3n) is 5.76. The van der Waals surface area contributed by atoms with E-state index in [2.05, 4.69) is 20.5 Å². The second kappa shape index (κ2) is 8.88. The summed E-state index contributed by atoms with van der Waals surface area (Å²) in [7, 11) is 0. The van der Waals surface area contributed by atoms with Crippen molar-refractivity contribution in [2.45, 2.75) is 25.8 Å². The van der Waals surface area contributed by atoms with Crippen molar-refractivity contribution in [3.63, 3.8) is 0 Å². The normalized spacial score (nSPS) is 16.2. The third-order valence-corrected chi connectivity index (χ3v) is 6.00. The predicted octanol–water partition coefficient (Wildman–Crippen LogP) is 4.78. The van der Waals surface area contributed by atoms with E-state index in [1.165, 1.54) is 12.1 Å². The molecule has 3 heterocycles. The number of anilines is 1. The van der Waals surface area contributed by atoms with Crippen molar-refractivity contribution in [2.75, 3.05) is 18.0 Å². The Hall–Kier alpha value is -3.36. The van der Waals surface area contributed by atoms with Gasteiger partial charge in [0.1, 0.15) is 11.6 Å². The van der Waals surface area contributed by atoms with Crippen LogP contribution in [0.15, 0.2) is 53.1 Å². The van der Waals surface area contributed by atoms with Gasteiger partial charge in [-0.15, -0.1) is 10.2 Å². The van der Waals surface area contributed by atoms with Gasteiger partial charge in [0.25, 0.3) is 5.91 Å². The van der Waals surface area contributed by atoms with Crippen LogP contribution >= 0.6 is 11.6 Å². The molecule has 5 rings (SSSR count). The molecule has 0 bridgehead atoms. The zero-order valence-electron chi connectivity index (χ0n) is 17.9. The molecule has 0 radical (unpaired) electrons. The van der Waals surface area contributed by atoms with Gasteiger partial charge in [0.15, 0.2) is 0 Å². The first-order valence-electron chi connectivity index (χ1n) is 10.7. The fraction of sp³-hybridized carbons (Fsp3) is 0.250. The number of carbonyl (C=O) groups is 1. The van der Waals surface area contributed by atoms with Crippen LogP contribution in [0, 0.1) is 12.7 Å². The number of piperidine rings is 1. The lowest BCUT2D eigenvalue weighted by Crippen LogP contribution is -2.49. The fourth-order valence-electron chi connectivity index (χ4n) is 4.18. The molecule has 1 fully saturated rings. The zero-order valence-corrected chi connectivity index (χ0v) is 18.6. The monoisotopic (exact) mass is 465 g/mol. The number of carbonyl (C=O) groups excluding carboxylic acids is 1. The van der Waals surface area contributed by atoms with Gasteiger partial charge in [0, 0.05) is 35.6 Å². The van der Waals surface area contributed by atoms with Gasteiger partial charge in [0.05, 0.1) is 11.6 Å². The highest BCUT2D eigenvalue weighted by Gasteiger charge is 2.31. The van der Waals surface area contributed by atoms with E-state index in [0.717, 1.165) is 30.2 Å². The molecule has 1 saturated heterocycles. The number of rotatable bonds is 4. The minimum absolute atomic E-state index is 0.0478. The molecule has 1 unspecified atom stereocenters. The number of benzene rings is 2. The molecule has 0 aliphatic carbocycles. The lowest BCUT2D eigenvalue weighted by Gasteiger charge is -2.34. The Morgan fingerprint density at radius 1 is 1.21 bits per heavy atom. The van der Waals surface area contributed by atoms with E-state index >= 15 is 4.39 Å². The second-order valence-electron chi connectivity index (χ2n) is 8.00. The van der Waals surface area contributed by atoms with Crippen LogP contribution < -0.4 is 10.2 Å². The summed E-state index contributed by atoms with van der Waals surface area (Å²) in [6, 6.07) is 11.4. The fourth-order valence-corrected chi connectivity index (χ4v) is 4.36. The number of halogens is 2. The van der Waals surface area contributed by atoms with Crippen molar-refractivity contribution >= 4 is 34.1 Å². The molecular formula is C24H21ClFN5O2. The number of pyridine rings is 1. The van der Waals surface area contributed by atoms with Crippen molar-refractivity contribution in [3.05, 3.63) is 71.0 Å². The van der Waals surface area contributed by atoms with Gasteiger partial charge >= 0.3 is 0 Å². The van der Waals surface area contributed by atoms with Crippen LogP contribution in [-0.4, -0.2) is 40.2 Å². The van der Waals surface area contributed by atoms with E-state index in [-0.39, 0.29) is 17.5 Å². The maximum absolute atomic E-state index is 15.2. The van der Waals surface area contributed by atoms with Gasteiger partial charge in [-0.05, 0) is 67.2 Å². The van der Waals surface area contributed by atoms with Crippen molar-refractivity contribution in [3.8, 4) is 11.5 Å². The number of hydrogen-bond donors (Lipinski definition) is 1. The zero-order chi connectivity index (χ0) is 22.9. The summed E-state index contributed by atoms with van der Waals surface area (Å²) in [5.74, 6) is -0.0521. The molecule has 1 amide bonds. The lowest BCUT2D eigenvalue weighted by molar-refractivity contribution is 0.0968. The number of nitrogens with one attached hydrogen (secondary N) is 1. The maximum Gasteiger partial charge on any atom is 0.262 e. The van der Waals surface area contributed by atoms with Gasteiger partial charge in [-0.2, -0.15) is 0 Å². The molecule has 1 aliphatic heterocycles. The predicted molar refractivity (Wildman–Crippen MR) is 124 cm³/mol. The van der Waals surface area contributed by atoms with E-state index in [1.807, 2.05) is 18.2 Å². The maximum atomic E-state index is 15.2. The minimum atomic E-state index is -0.662. The van der Waals surface area contributed by atoms with Crippen LogP contribution in [0.5, 0.6) is 0 Å². The average Bonchev–Trinajstić information content (AvgIpc) is 3.26. The third kappa shape index (κ3) is 4.19. The first kappa shape index (κ1) is 21.5. The van der Waals surface area contributed by atoms with E-state index in [4.69, 9.17) is 16.0 Å². The number of nitrogens with zero attached hydrogens (tertiary/aromatic N) is 4. The molecule has 168 valence electrons. The molecule has 0 saturated carbocycles. The van der Waals surface area contributed by atoms with Gasteiger partial charge < -0.3 is 9.73 Å². The van der Waals surface area contributed by atoms with Crippen LogP contribution in [0.25, 0.3) is 22.2 Å². The van der Waals surface area contributed by atoms with Crippen LogP contribution in [0.1, 0.15) is 29.1 Å². The molecule has 0 spiro atoms. The van der Waals surface area contributed by atoms with Gasteiger partial charge in [-0.3, -0.25) is 9.69 Å². The Morgan fingerprint density at radius 2 is 2.09 bits per heavy atom. The van der Waals surface area contributed by atoms with Crippen molar-refractivity contribution in [1.82, 2.24) is 20.5 Å². The summed E-state index contributed by atoms with van der Waals surface area (Å²) in [4.78, 5) is 19.9. The van der Waals surface area contributed by atoms with Gasteiger partial charge in [-0.1, -0.05) is 11.6 Å². The number of hydrogen-bond acceptors (Lipinski definition) is 6.